The Kier molecular flexibility index (Phi) is 5.86. The molecule has 2 fully saturated rings. The highest BCUT2D eigenvalue weighted by Gasteiger charge is 2.40. The number of nitrogens with one attached hydrogen (secondary N) is 1. The largest absolute Gasteiger partial charge is 0.481 e. The van der Waals surface area contributed by atoms with E-state index in [9.17, 15) is 18.0 Å². The molecule has 1 aromatic rings. The summed E-state index contributed by atoms with van der Waals surface area (Å²) in [6.45, 7) is 1.00. The number of amides is 1. The molecular formula is C19H26N2O5S. The summed E-state index contributed by atoms with van der Waals surface area (Å²) < 4.78 is 27.4. The van der Waals surface area contributed by atoms with E-state index >= 15 is 0 Å². The van der Waals surface area contributed by atoms with Crippen LogP contribution in [0.5, 0.6) is 0 Å². The van der Waals surface area contributed by atoms with Gasteiger partial charge in [0.1, 0.15) is 0 Å². The molecule has 27 heavy (non-hydrogen) atoms. The molecule has 2 N–H and O–H groups in total. The molecular weight excluding hydrogens is 368 g/mol. The van der Waals surface area contributed by atoms with E-state index in [-0.39, 0.29) is 16.9 Å². The molecule has 1 aromatic carbocycles. The van der Waals surface area contributed by atoms with Gasteiger partial charge in [-0.25, -0.2) is 8.42 Å². The maximum Gasteiger partial charge on any atom is 0.305 e. The van der Waals surface area contributed by atoms with Gasteiger partial charge < -0.3 is 10.4 Å². The average molecular weight is 394 g/mol. The lowest BCUT2D eigenvalue weighted by Crippen LogP contribution is -2.54. The number of rotatable bonds is 6. The Morgan fingerprint density at radius 2 is 1.74 bits per heavy atom. The Bertz CT molecular complexity index is 809. The first-order valence-electron chi connectivity index (χ1n) is 9.47. The summed E-state index contributed by atoms with van der Waals surface area (Å²) in [5.74, 6) is -1.38. The zero-order valence-electron chi connectivity index (χ0n) is 15.3. The molecule has 0 radical (unpaired) electrons. The van der Waals surface area contributed by atoms with E-state index in [2.05, 4.69) is 5.32 Å². The van der Waals surface area contributed by atoms with E-state index in [1.165, 1.54) is 16.4 Å². The highest BCUT2D eigenvalue weighted by atomic mass is 32.2. The summed E-state index contributed by atoms with van der Waals surface area (Å²) in [4.78, 5) is 23.8. The Morgan fingerprint density at radius 3 is 2.30 bits per heavy atom. The van der Waals surface area contributed by atoms with Gasteiger partial charge in [-0.3, -0.25) is 9.59 Å². The molecule has 148 valence electrons. The average Bonchev–Trinajstić information content (AvgIpc) is 2.89. The van der Waals surface area contributed by atoms with Crippen LogP contribution in [0.15, 0.2) is 29.2 Å². The summed E-state index contributed by atoms with van der Waals surface area (Å²) in [5.41, 5.74) is -0.481. The Labute approximate surface area is 159 Å². The van der Waals surface area contributed by atoms with Crippen molar-refractivity contribution in [3.05, 3.63) is 29.8 Å². The van der Waals surface area contributed by atoms with Gasteiger partial charge in [0.2, 0.25) is 10.0 Å². The summed E-state index contributed by atoms with van der Waals surface area (Å²) in [6, 6.07) is 6.02. The van der Waals surface area contributed by atoms with Crippen LogP contribution in [0.4, 0.5) is 0 Å². The maximum absolute atomic E-state index is 12.9. The third kappa shape index (κ3) is 4.50. The van der Waals surface area contributed by atoms with Crippen LogP contribution in [0.2, 0.25) is 0 Å². The van der Waals surface area contributed by atoms with E-state index in [1.807, 2.05) is 0 Å². The van der Waals surface area contributed by atoms with Crippen molar-refractivity contribution in [2.45, 2.75) is 61.8 Å². The van der Waals surface area contributed by atoms with Crippen molar-refractivity contribution >= 4 is 21.9 Å². The number of carbonyl (C=O) groups is 2. The van der Waals surface area contributed by atoms with Crippen molar-refractivity contribution in [2.24, 2.45) is 0 Å². The van der Waals surface area contributed by atoms with Gasteiger partial charge in [-0.15, -0.1) is 0 Å². The van der Waals surface area contributed by atoms with Crippen molar-refractivity contribution in [3.63, 3.8) is 0 Å². The molecule has 0 atom stereocenters. The monoisotopic (exact) mass is 394 g/mol. The molecule has 1 heterocycles. The van der Waals surface area contributed by atoms with Gasteiger partial charge in [0, 0.05) is 18.7 Å². The van der Waals surface area contributed by atoms with Gasteiger partial charge in [0.15, 0.2) is 0 Å². The van der Waals surface area contributed by atoms with Gasteiger partial charge in [0.05, 0.1) is 16.9 Å². The number of benzene rings is 1. The number of hydrogen-bond donors (Lipinski definition) is 2. The second kappa shape index (κ2) is 7.98. The highest BCUT2D eigenvalue weighted by Crippen LogP contribution is 2.35. The van der Waals surface area contributed by atoms with Crippen molar-refractivity contribution in [1.29, 1.82) is 0 Å². The van der Waals surface area contributed by atoms with Crippen LogP contribution in [0.3, 0.4) is 0 Å². The van der Waals surface area contributed by atoms with Crippen LogP contribution >= 0.6 is 0 Å². The highest BCUT2D eigenvalue weighted by molar-refractivity contribution is 7.89. The van der Waals surface area contributed by atoms with E-state index in [0.717, 1.165) is 32.1 Å². The fourth-order valence-corrected chi connectivity index (χ4v) is 5.34. The molecule has 0 spiro atoms. The lowest BCUT2D eigenvalue weighted by Gasteiger charge is -2.41. The van der Waals surface area contributed by atoms with Crippen LogP contribution in [0, 0.1) is 0 Å². The quantitative estimate of drug-likeness (QED) is 0.771. The first-order valence-corrected chi connectivity index (χ1v) is 10.9. The maximum atomic E-state index is 12.9. The normalized spacial score (nSPS) is 20.3. The molecule has 0 aromatic heterocycles. The molecule has 1 aliphatic carbocycles. The predicted molar refractivity (Wildman–Crippen MR) is 100.0 cm³/mol. The van der Waals surface area contributed by atoms with E-state index in [0.29, 0.717) is 25.9 Å². The SMILES string of the molecule is O=C(O)CC1(NC(=O)c2cccc(S(=O)(=O)N3CCCCCC3)c2)CCC1. The topological polar surface area (TPSA) is 104 Å². The zero-order chi connectivity index (χ0) is 19.5. The van der Waals surface area contributed by atoms with Crippen molar-refractivity contribution in [2.75, 3.05) is 13.1 Å². The number of sulfonamides is 1. The Morgan fingerprint density at radius 1 is 1.07 bits per heavy atom. The van der Waals surface area contributed by atoms with Crippen molar-refractivity contribution in [1.82, 2.24) is 9.62 Å². The molecule has 7 nitrogen and oxygen atoms in total. The summed E-state index contributed by atoms with van der Waals surface area (Å²) >= 11 is 0. The number of carboxylic acids is 1. The second-order valence-electron chi connectivity index (χ2n) is 7.50. The minimum absolute atomic E-state index is 0.109. The van der Waals surface area contributed by atoms with Gasteiger partial charge in [-0.05, 0) is 50.3 Å². The standard InChI is InChI=1S/C19H26N2O5S/c22-17(23)14-19(9-6-10-19)20-18(24)15-7-5-8-16(13-15)27(25,26)21-11-3-1-2-4-12-21/h5,7-8,13H,1-4,6,9-12,14H2,(H,20,24)(H,22,23). The molecule has 0 bridgehead atoms. The molecule has 1 saturated carbocycles. The first-order chi connectivity index (χ1) is 12.8. The van der Waals surface area contributed by atoms with Crippen LogP contribution in [-0.4, -0.2) is 48.3 Å². The third-order valence-electron chi connectivity index (χ3n) is 5.48. The smallest absolute Gasteiger partial charge is 0.305 e. The minimum atomic E-state index is -3.64. The minimum Gasteiger partial charge on any atom is -0.481 e. The van der Waals surface area contributed by atoms with Crippen LogP contribution < -0.4 is 5.32 Å². The summed E-state index contributed by atoms with van der Waals surface area (Å²) in [5, 5.41) is 11.9. The lowest BCUT2D eigenvalue weighted by atomic mass is 9.74. The predicted octanol–water partition coefficient (Wildman–Crippen LogP) is 2.38. The fourth-order valence-electron chi connectivity index (χ4n) is 3.78. The number of hydrogen-bond acceptors (Lipinski definition) is 4. The van der Waals surface area contributed by atoms with E-state index in [4.69, 9.17) is 5.11 Å². The lowest BCUT2D eigenvalue weighted by molar-refractivity contribution is -0.139. The first kappa shape index (κ1) is 19.8. The van der Waals surface area contributed by atoms with E-state index in [1.54, 1.807) is 12.1 Å². The molecule has 3 rings (SSSR count). The Balaban J connectivity index is 1.78. The fraction of sp³-hybridized carbons (Fsp3) is 0.579. The Hall–Kier alpha value is -1.93. The molecule has 1 amide bonds. The van der Waals surface area contributed by atoms with Crippen LogP contribution in [0.1, 0.15) is 61.7 Å². The summed E-state index contributed by atoms with van der Waals surface area (Å²) in [6.07, 6.45) is 5.74. The molecule has 0 unspecified atom stereocenters. The van der Waals surface area contributed by atoms with Crippen LogP contribution in [-0.2, 0) is 14.8 Å². The van der Waals surface area contributed by atoms with Gasteiger partial charge in [-0.1, -0.05) is 18.9 Å². The van der Waals surface area contributed by atoms with Gasteiger partial charge in [0.25, 0.3) is 5.91 Å². The zero-order valence-corrected chi connectivity index (χ0v) is 16.1. The molecule has 1 saturated heterocycles. The molecule has 8 heteroatoms. The number of carboxylic acid groups (broad SMARTS) is 1. The summed E-state index contributed by atoms with van der Waals surface area (Å²) in [7, 11) is -3.64. The van der Waals surface area contributed by atoms with E-state index < -0.39 is 27.4 Å². The van der Waals surface area contributed by atoms with Crippen molar-refractivity contribution < 1.29 is 23.1 Å². The van der Waals surface area contributed by atoms with Crippen LogP contribution in [0.25, 0.3) is 0 Å². The number of nitrogens with zero attached hydrogens (tertiary/aromatic N) is 1. The number of carbonyl (C=O) groups excluding carboxylic acids is 1. The van der Waals surface area contributed by atoms with Gasteiger partial charge in [-0.2, -0.15) is 4.31 Å². The second-order valence-corrected chi connectivity index (χ2v) is 9.44. The number of aliphatic carboxylic acids is 1. The third-order valence-corrected chi connectivity index (χ3v) is 7.37. The molecule has 2 aliphatic rings. The van der Waals surface area contributed by atoms with Crippen molar-refractivity contribution in [3.8, 4) is 0 Å². The molecule has 1 aliphatic heterocycles. The van der Waals surface area contributed by atoms with Gasteiger partial charge >= 0.3 is 5.97 Å².